The van der Waals surface area contributed by atoms with Crippen molar-refractivity contribution in [1.82, 2.24) is 4.98 Å². The minimum atomic E-state index is -0.0842. The second kappa shape index (κ2) is 11.5. The molecule has 0 spiro atoms. The number of rotatable bonds is 5. The van der Waals surface area contributed by atoms with E-state index >= 15 is 0 Å². The second-order valence-corrected chi connectivity index (χ2v) is 14.8. The van der Waals surface area contributed by atoms with Crippen LogP contribution in [0.1, 0.15) is 25.0 Å². The lowest BCUT2D eigenvalue weighted by molar-refractivity contribution is 0.617. The molecular weight excluding hydrogens is 661 g/mol. The van der Waals surface area contributed by atoms with Crippen LogP contribution in [-0.2, 0) is 5.41 Å². The molecule has 54 heavy (non-hydrogen) atoms. The summed E-state index contributed by atoms with van der Waals surface area (Å²) in [6.07, 6.45) is 0. The highest BCUT2D eigenvalue weighted by Crippen LogP contribution is 2.51. The van der Waals surface area contributed by atoms with E-state index in [1.54, 1.807) is 0 Å². The lowest BCUT2D eigenvalue weighted by Crippen LogP contribution is -2.15. The van der Waals surface area contributed by atoms with Gasteiger partial charge in [0.1, 0.15) is 16.7 Å². The Morgan fingerprint density at radius 3 is 2.09 bits per heavy atom. The number of fused-ring (bicyclic) bond motifs is 8. The Bertz CT molecular complexity index is 3080. The molecule has 8 aromatic carbocycles. The van der Waals surface area contributed by atoms with Crippen molar-refractivity contribution < 1.29 is 8.83 Å². The highest BCUT2D eigenvalue weighted by atomic mass is 16.4. The number of aromatic nitrogens is 1. The fourth-order valence-electron chi connectivity index (χ4n) is 8.57. The van der Waals surface area contributed by atoms with Gasteiger partial charge in [0.05, 0.1) is 11.1 Å². The summed E-state index contributed by atoms with van der Waals surface area (Å²) in [5.41, 5.74) is 14.7. The zero-order valence-corrected chi connectivity index (χ0v) is 29.9. The molecule has 0 N–H and O–H groups in total. The fourth-order valence-corrected chi connectivity index (χ4v) is 8.57. The van der Waals surface area contributed by atoms with Crippen LogP contribution in [-0.4, -0.2) is 4.98 Å². The van der Waals surface area contributed by atoms with Gasteiger partial charge in [0.15, 0.2) is 5.58 Å². The van der Waals surface area contributed by atoms with Crippen LogP contribution in [0.4, 0.5) is 17.1 Å². The SMILES string of the molecule is CC1(C)c2ccccc2-c2cc(N(c3ccc(-c4ccc5ccccc5c4)cc3)c3cccc4oc5cc6oc(-c7ccccc7)nc6cc5c34)ccc21. The Kier molecular flexibility index (Phi) is 6.56. The van der Waals surface area contributed by atoms with Crippen molar-refractivity contribution >= 4 is 60.9 Å². The molecule has 11 rings (SSSR count). The van der Waals surface area contributed by atoms with Crippen molar-refractivity contribution in [3.8, 4) is 33.7 Å². The fraction of sp³-hybridized carbons (Fsp3) is 0.0600. The number of hydrogen-bond donors (Lipinski definition) is 0. The molecule has 1 aliphatic carbocycles. The zero-order chi connectivity index (χ0) is 36.0. The number of nitrogens with zero attached hydrogens (tertiary/aromatic N) is 2. The molecule has 256 valence electrons. The number of oxazole rings is 1. The summed E-state index contributed by atoms with van der Waals surface area (Å²) >= 11 is 0. The third-order valence-electron chi connectivity index (χ3n) is 11.3. The molecule has 0 unspecified atom stereocenters. The van der Waals surface area contributed by atoms with Gasteiger partial charge in [-0.25, -0.2) is 4.98 Å². The third-order valence-corrected chi connectivity index (χ3v) is 11.3. The molecular formula is C50H34N2O2. The van der Waals surface area contributed by atoms with E-state index in [0.29, 0.717) is 11.5 Å². The Morgan fingerprint density at radius 2 is 1.22 bits per heavy atom. The highest BCUT2D eigenvalue weighted by Gasteiger charge is 2.35. The van der Waals surface area contributed by atoms with Crippen LogP contribution in [0.15, 0.2) is 179 Å². The maximum Gasteiger partial charge on any atom is 0.227 e. The van der Waals surface area contributed by atoms with Gasteiger partial charge in [-0.1, -0.05) is 117 Å². The molecule has 0 aliphatic heterocycles. The first kappa shape index (κ1) is 30.7. The van der Waals surface area contributed by atoms with Crippen LogP contribution in [0.5, 0.6) is 0 Å². The number of anilines is 3. The Morgan fingerprint density at radius 1 is 0.481 bits per heavy atom. The number of hydrogen-bond acceptors (Lipinski definition) is 4. The second-order valence-electron chi connectivity index (χ2n) is 14.8. The van der Waals surface area contributed by atoms with E-state index in [1.807, 2.05) is 42.5 Å². The van der Waals surface area contributed by atoms with Gasteiger partial charge in [-0.2, -0.15) is 0 Å². The molecule has 0 radical (unpaired) electrons. The molecule has 10 aromatic rings. The first-order valence-electron chi connectivity index (χ1n) is 18.4. The first-order chi connectivity index (χ1) is 26.5. The summed E-state index contributed by atoms with van der Waals surface area (Å²) in [5.74, 6) is 0.595. The molecule has 0 bridgehead atoms. The zero-order valence-electron chi connectivity index (χ0n) is 29.9. The predicted molar refractivity (Wildman–Crippen MR) is 222 cm³/mol. The van der Waals surface area contributed by atoms with Crippen molar-refractivity contribution in [2.45, 2.75) is 19.3 Å². The van der Waals surface area contributed by atoms with Gasteiger partial charge in [-0.05, 0) is 105 Å². The van der Waals surface area contributed by atoms with Gasteiger partial charge in [-0.15, -0.1) is 0 Å². The molecule has 0 fully saturated rings. The minimum Gasteiger partial charge on any atom is -0.456 e. The third kappa shape index (κ3) is 4.66. The molecule has 4 nitrogen and oxygen atoms in total. The summed E-state index contributed by atoms with van der Waals surface area (Å²) in [5, 5.41) is 4.49. The molecule has 4 heteroatoms. The van der Waals surface area contributed by atoms with Crippen molar-refractivity contribution in [3.63, 3.8) is 0 Å². The maximum atomic E-state index is 6.58. The van der Waals surface area contributed by atoms with Gasteiger partial charge >= 0.3 is 0 Å². The lowest BCUT2D eigenvalue weighted by Gasteiger charge is -2.28. The summed E-state index contributed by atoms with van der Waals surface area (Å²) in [6.45, 7) is 4.65. The van der Waals surface area contributed by atoms with E-state index in [4.69, 9.17) is 13.8 Å². The van der Waals surface area contributed by atoms with E-state index in [1.165, 1.54) is 44.2 Å². The molecule has 2 heterocycles. The predicted octanol–water partition coefficient (Wildman–Crippen LogP) is 14.0. The van der Waals surface area contributed by atoms with Crippen LogP contribution in [0, 0.1) is 0 Å². The molecule has 0 saturated heterocycles. The first-order valence-corrected chi connectivity index (χ1v) is 18.4. The maximum absolute atomic E-state index is 6.58. The number of benzene rings is 8. The topological polar surface area (TPSA) is 42.4 Å². The Labute approximate surface area is 312 Å². The minimum absolute atomic E-state index is 0.0842. The normalized spacial score (nSPS) is 13.1. The molecule has 0 amide bonds. The quantitative estimate of drug-likeness (QED) is 0.180. The van der Waals surface area contributed by atoms with Gasteiger partial charge in [0.25, 0.3) is 0 Å². The van der Waals surface area contributed by atoms with Crippen molar-refractivity contribution in [2.75, 3.05) is 4.90 Å². The molecule has 1 aliphatic rings. The van der Waals surface area contributed by atoms with Crippen LogP contribution < -0.4 is 4.90 Å². The van der Waals surface area contributed by atoms with E-state index < -0.39 is 0 Å². The van der Waals surface area contributed by atoms with Crippen LogP contribution in [0.2, 0.25) is 0 Å². The monoisotopic (exact) mass is 694 g/mol. The van der Waals surface area contributed by atoms with E-state index in [0.717, 1.165) is 50.1 Å². The van der Waals surface area contributed by atoms with Crippen molar-refractivity contribution in [2.24, 2.45) is 0 Å². The summed E-state index contributed by atoms with van der Waals surface area (Å²) in [6, 6.07) is 60.3. The molecule has 0 saturated carbocycles. The lowest BCUT2D eigenvalue weighted by atomic mass is 9.82. The van der Waals surface area contributed by atoms with Gasteiger partial charge in [-0.3, -0.25) is 0 Å². The van der Waals surface area contributed by atoms with Crippen LogP contribution in [0.25, 0.3) is 77.5 Å². The van der Waals surface area contributed by atoms with Gasteiger partial charge in [0.2, 0.25) is 5.89 Å². The van der Waals surface area contributed by atoms with Crippen LogP contribution >= 0.6 is 0 Å². The van der Waals surface area contributed by atoms with E-state index in [9.17, 15) is 0 Å². The van der Waals surface area contributed by atoms with Gasteiger partial charge < -0.3 is 13.7 Å². The number of furan rings is 1. The van der Waals surface area contributed by atoms with Gasteiger partial charge in [0, 0.05) is 33.8 Å². The Balaban J connectivity index is 1.11. The van der Waals surface area contributed by atoms with Crippen molar-refractivity contribution in [3.05, 3.63) is 181 Å². The largest absolute Gasteiger partial charge is 0.456 e. The smallest absolute Gasteiger partial charge is 0.227 e. The molecule has 0 atom stereocenters. The summed E-state index contributed by atoms with van der Waals surface area (Å²) in [7, 11) is 0. The summed E-state index contributed by atoms with van der Waals surface area (Å²) in [4.78, 5) is 7.29. The van der Waals surface area contributed by atoms with Crippen molar-refractivity contribution in [1.29, 1.82) is 0 Å². The average molecular weight is 695 g/mol. The molecule has 2 aromatic heterocycles. The van der Waals surface area contributed by atoms with Crippen LogP contribution in [0.3, 0.4) is 0 Å². The van der Waals surface area contributed by atoms with E-state index in [-0.39, 0.29) is 5.41 Å². The Hall–Kier alpha value is -6.91. The standard InChI is InChI=1S/C50H34N2O2/c1-50(2)41-16-9-8-15-38(41)39-28-37(25-26-42(39)50)52(36-23-21-32(22-24-36)35-20-19-31-11-6-7-14-34(31)27-35)44-17-10-18-45-48(44)40-29-43-47(30-46(40)53-45)54-49(51-43)33-12-4-3-5-13-33/h3-30H,1-2H3. The van der Waals surface area contributed by atoms with E-state index in [2.05, 4.69) is 146 Å². The summed E-state index contributed by atoms with van der Waals surface area (Å²) < 4.78 is 12.8. The average Bonchev–Trinajstić information content (AvgIpc) is 3.87. The highest BCUT2D eigenvalue weighted by molar-refractivity contribution is 6.15.